The van der Waals surface area contributed by atoms with Crippen LogP contribution in [-0.2, 0) is 0 Å². The lowest BCUT2D eigenvalue weighted by Crippen LogP contribution is -1.96. The van der Waals surface area contributed by atoms with Gasteiger partial charge in [-0.3, -0.25) is 5.10 Å². The third-order valence-electron chi connectivity index (χ3n) is 3.99. The number of H-pyrrole nitrogens is 1. The second kappa shape index (κ2) is 7.50. The Bertz CT molecular complexity index is 1100. The van der Waals surface area contributed by atoms with Crippen molar-refractivity contribution in [1.29, 1.82) is 0 Å². The number of aryl methyl sites for hydroxylation is 1. The summed E-state index contributed by atoms with van der Waals surface area (Å²) in [6.45, 7) is 1.96. The SMILES string of the molecule is COc1ccc2c(Sc3ccc(Cl)cc3)nc(Nc3cc(C)[nH]n3)cc2c1. The van der Waals surface area contributed by atoms with Gasteiger partial charge in [-0.1, -0.05) is 23.4 Å². The molecule has 0 atom stereocenters. The van der Waals surface area contributed by atoms with Crippen molar-refractivity contribution in [2.45, 2.75) is 16.8 Å². The predicted molar refractivity (Wildman–Crippen MR) is 110 cm³/mol. The summed E-state index contributed by atoms with van der Waals surface area (Å²) < 4.78 is 5.38. The minimum Gasteiger partial charge on any atom is -0.497 e. The van der Waals surface area contributed by atoms with Gasteiger partial charge in [0, 0.05) is 27.1 Å². The number of rotatable bonds is 5. The third-order valence-corrected chi connectivity index (χ3v) is 5.26. The number of nitrogens with zero attached hydrogens (tertiary/aromatic N) is 2. The van der Waals surface area contributed by atoms with Gasteiger partial charge in [-0.15, -0.1) is 0 Å². The summed E-state index contributed by atoms with van der Waals surface area (Å²) in [6.07, 6.45) is 0. The Kier molecular flexibility index (Phi) is 4.92. The van der Waals surface area contributed by atoms with Crippen LogP contribution in [0.1, 0.15) is 5.69 Å². The quantitative estimate of drug-likeness (QED) is 0.444. The average Bonchev–Trinajstić information content (AvgIpc) is 3.07. The van der Waals surface area contributed by atoms with Crippen molar-refractivity contribution in [1.82, 2.24) is 15.2 Å². The van der Waals surface area contributed by atoms with Crippen LogP contribution in [0.15, 0.2) is 64.5 Å². The van der Waals surface area contributed by atoms with Gasteiger partial charge in [-0.2, -0.15) is 5.10 Å². The number of anilines is 2. The summed E-state index contributed by atoms with van der Waals surface area (Å²) in [5.41, 5.74) is 0.982. The molecule has 0 fully saturated rings. The van der Waals surface area contributed by atoms with Crippen molar-refractivity contribution in [3.8, 4) is 5.75 Å². The molecular formula is C20H17ClN4OS. The number of methoxy groups -OCH3 is 1. The molecule has 27 heavy (non-hydrogen) atoms. The minimum atomic E-state index is 0.714. The number of hydrogen-bond donors (Lipinski definition) is 2. The highest BCUT2D eigenvalue weighted by Crippen LogP contribution is 2.35. The van der Waals surface area contributed by atoms with Crippen molar-refractivity contribution in [2.75, 3.05) is 12.4 Å². The predicted octanol–water partition coefficient (Wildman–Crippen LogP) is 5.82. The number of aromatic nitrogens is 3. The molecule has 0 unspecified atom stereocenters. The number of ether oxygens (including phenoxy) is 1. The average molecular weight is 397 g/mol. The summed E-state index contributed by atoms with van der Waals surface area (Å²) in [4.78, 5) is 5.87. The van der Waals surface area contributed by atoms with E-state index in [4.69, 9.17) is 21.3 Å². The molecule has 0 aliphatic carbocycles. The van der Waals surface area contributed by atoms with Crippen molar-refractivity contribution in [2.24, 2.45) is 0 Å². The molecule has 136 valence electrons. The van der Waals surface area contributed by atoms with Crippen molar-refractivity contribution >= 4 is 45.8 Å². The summed E-state index contributed by atoms with van der Waals surface area (Å²) in [7, 11) is 1.66. The number of aromatic amines is 1. The van der Waals surface area contributed by atoms with Gasteiger partial charge in [0.05, 0.1) is 7.11 Å². The molecule has 0 saturated heterocycles. The Morgan fingerprint density at radius 3 is 2.56 bits per heavy atom. The molecule has 2 N–H and O–H groups in total. The molecular weight excluding hydrogens is 380 g/mol. The third kappa shape index (κ3) is 4.02. The van der Waals surface area contributed by atoms with Crippen LogP contribution in [0.25, 0.3) is 10.8 Å². The van der Waals surface area contributed by atoms with E-state index in [0.717, 1.165) is 43.8 Å². The maximum Gasteiger partial charge on any atom is 0.153 e. The Morgan fingerprint density at radius 2 is 1.85 bits per heavy atom. The van der Waals surface area contributed by atoms with Crippen LogP contribution < -0.4 is 10.1 Å². The van der Waals surface area contributed by atoms with E-state index in [2.05, 4.69) is 15.5 Å². The number of nitrogens with one attached hydrogen (secondary N) is 2. The van der Waals surface area contributed by atoms with Gasteiger partial charge in [0.15, 0.2) is 5.82 Å². The van der Waals surface area contributed by atoms with E-state index in [1.165, 1.54) is 0 Å². The number of benzene rings is 2. The Hall–Kier alpha value is -2.70. The smallest absolute Gasteiger partial charge is 0.153 e. The molecule has 4 aromatic rings. The fourth-order valence-electron chi connectivity index (χ4n) is 2.70. The second-order valence-corrected chi connectivity index (χ2v) is 7.52. The van der Waals surface area contributed by atoms with Crippen molar-refractivity contribution < 1.29 is 4.74 Å². The summed E-state index contributed by atoms with van der Waals surface area (Å²) in [5, 5.41) is 14.1. The maximum absolute atomic E-state index is 6.00. The number of halogens is 1. The van der Waals surface area contributed by atoms with Crippen LogP contribution in [0, 0.1) is 6.92 Å². The molecule has 0 aliphatic heterocycles. The zero-order valence-electron chi connectivity index (χ0n) is 14.8. The maximum atomic E-state index is 6.00. The lowest BCUT2D eigenvalue weighted by atomic mass is 10.1. The molecule has 0 saturated carbocycles. The molecule has 2 aromatic heterocycles. The fourth-order valence-corrected chi connectivity index (χ4v) is 3.76. The lowest BCUT2D eigenvalue weighted by Gasteiger charge is -2.11. The minimum absolute atomic E-state index is 0.714. The van der Waals surface area contributed by atoms with E-state index in [1.54, 1.807) is 18.9 Å². The van der Waals surface area contributed by atoms with Gasteiger partial charge in [-0.05, 0) is 60.8 Å². The highest BCUT2D eigenvalue weighted by atomic mass is 35.5. The van der Waals surface area contributed by atoms with Crippen LogP contribution in [-0.4, -0.2) is 22.3 Å². The van der Waals surface area contributed by atoms with E-state index in [9.17, 15) is 0 Å². The van der Waals surface area contributed by atoms with Gasteiger partial charge in [0.25, 0.3) is 0 Å². The second-order valence-electron chi connectivity index (χ2n) is 6.02. The Labute approximate surface area is 166 Å². The van der Waals surface area contributed by atoms with Gasteiger partial charge in [-0.25, -0.2) is 4.98 Å². The molecule has 0 bridgehead atoms. The highest BCUT2D eigenvalue weighted by molar-refractivity contribution is 7.99. The standard InChI is InChI=1S/C20H17ClN4OS/c1-12-9-19(25-24-12)22-18-11-13-10-15(26-2)5-8-17(13)20(23-18)27-16-6-3-14(21)4-7-16/h3-11H,1-2H3,(H2,22,23,24,25). The first-order valence-corrected chi connectivity index (χ1v) is 9.51. The molecule has 0 radical (unpaired) electrons. The number of fused-ring (bicyclic) bond motifs is 1. The van der Waals surface area contributed by atoms with E-state index in [1.807, 2.05) is 61.5 Å². The normalized spacial score (nSPS) is 10.9. The fraction of sp³-hybridized carbons (Fsp3) is 0.100. The largest absolute Gasteiger partial charge is 0.497 e. The summed E-state index contributed by atoms with van der Waals surface area (Å²) >= 11 is 7.59. The van der Waals surface area contributed by atoms with E-state index < -0.39 is 0 Å². The van der Waals surface area contributed by atoms with E-state index >= 15 is 0 Å². The molecule has 2 aromatic carbocycles. The first-order valence-electron chi connectivity index (χ1n) is 8.32. The van der Waals surface area contributed by atoms with Gasteiger partial charge in [0.1, 0.15) is 16.6 Å². The summed E-state index contributed by atoms with van der Waals surface area (Å²) in [6, 6.07) is 17.6. The van der Waals surface area contributed by atoms with Gasteiger partial charge >= 0.3 is 0 Å². The Balaban J connectivity index is 1.77. The van der Waals surface area contributed by atoms with Crippen molar-refractivity contribution in [3.05, 3.63) is 65.3 Å². The van der Waals surface area contributed by atoms with E-state index in [0.29, 0.717) is 5.02 Å². The van der Waals surface area contributed by atoms with Crippen LogP contribution in [0.2, 0.25) is 5.02 Å². The summed E-state index contributed by atoms with van der Waals surface area (Å²) in [5.74, 6) is 2.25. The molecule has 0 spiro atoms. The first-order chi connectivity index (χ1) is 13.1. The van der Waals surface area contributed by atoms with Crippen molar-refractivity contribution in [3.63, 3.8) is 0 Å². The highest BCUT2D eigenvalue weighted by Gasteiger charge is 2.10. The number of pyridine rings is 1. The number of hydrogen-bond acceptors (Lipinski definition) is 5. The zero-order chi connectivity index (χ0) is 18.8. The zero-order valence-corrected chi connectivity index (χ0v) is 16.4. The van der Waals surface area contributed by atoms with Crippen LogP contribution >= 0.6 is 23.4 Å². The van der Waals surface area contributed by atoms with Crippen LogP contribution in [0.4, 0.5) is 11.6 Å². The van der Waals surface area contributed by atoms with E-state index in [-0.39, 0.29) is 0 Å². The molecule has 5 nitrogen and oxygen atoms in total. The Morgan fingerprint density at radius 1 is 1.04 bits per heavy atom. The molecule has 2 heterocycles. The van der Waals surface area contributed by atoms with Crippen LogP contribution in [0.5, 0.6) is 5.75 Å². The van der Waals surface area contributed by atoms with Crippen LogP contribution in [0.3, 0.4) is 0 Å². The monoisotopic (exact) mass is 396 g/mol. The first kappa shape index (κ1) is 17.7. The molecule has 7 heteroatoms. The molecule has 0 aliphatic rings. The van der Waals surface area contributed by atoms with Gasteiger partial charge in [0.2, 0.25) is 0 Å². The topological polar surface area (TPSA) is 62.8 Å². The lowest BCUT2D eigenvalue weighted by molar-refractivity contribution is 0.415. The molecule has 4 rings (SSSR count). The van der Waals surface area contributed by atoms with Gasteiger partial charge < -0.3 is 10.1 Å². The molecule has 0 amide bonds.